The fourth-order valence-corrected chi connectivity index (χ4v) is 20.4. The minimum absolute atomic E-state index is 0.0329. The first-order valence-corrected chi connectivity index (χ1v) is 47.9. The molecule has 0 bridgehead atoms. The zero-order valence-corrected chi connectivity index (χ0v) is 79.9. The van der Waals surface area contributed by atoms with Gasteiger partial charge in [0.25, 0.3) is 5.91 Å². The molecule has 15 rings (SSSR count). The molecule has 1 amide bonds. The smallest absolute Gasteiger partial charge is 0.251 e. The number of hydrogen-bond acceptors (Lipinski definition) is 17. The molecule has 3 aliphatic carbocycles. The summed E-state index contributed by atoms with van der Waals surface area (Å²) in [6.45, 7) is 46.6. The van der Waals surface area contributed by atoms with Gasteiger partial charge >= 0.3 is 0 Å². The molecule has 6 aromatic rings. The highest BCUT2D eigenvalue weighted by atomic mass is 79.9. The molecule has 6 aromatic carbocycles. The number of ether oxygens (including phenoxy) is 6. The summed E-state index contributed by atoms with van der Waals surface area (Å²) in [5, 5.41) is 3.60. The number of nitrogens with zero attached hydrogens (tertiary/aromatic N) is 6. The number of halogens is 3. The second-order valence-corrected chi connectivity index (χ2v) is 37.1. The van der Waals surface area contributed by atoms with E-state index in [1.54, 1.807) is 13.8 Å². The number of carbonyl (C=O) groups is 5. The third kappa shape index (κ3) is 24.6. The summed E-state index contributed by atoms with van der Waals surface area (Å²) < 4.78 is 49.2. The van der Waals surface area contributed by atoms with Gasteiger partial charge in [-0.25, -0.2) is 4.39 Å². The number of anilines is 3. The van der Waals surface area contributed by atoms with Gasteiger partial charge in [0, 0.05) is 201 Å². The molecule has 21 heteroatoms. The third-order valence-electron chi connectivity index (χ3n) is 27.2. The van der Waals surface area contributed by atoms with Gasteiger partial charge in [-0.15, -0.1) is 0 Å². The highest BCUT2D eigenvalue weighted by Gasteiger charge is 2.33. The van der Waals surface area contributed by atoms with Crippen LogP contribution in [0, 0.1) is 13.8 Å². The van der Waals surface area contributed by atoms with E-state index in [1.165, 1.54) is 16.7 Å². The largest absolute Gasteiger partial charge is 0.381 e. The van der Waals surface area contributed by atoms with E-state index in [-0.39, 0.29) is 47.8 Å². The molecule has 1 N–H and O–H groups in total. The molecule has 0 atom stereocenters. The van der Waals surface area contributed by atoms with Crippen LogP contribution in [0.4, 0.5) is 21.5 Å². The van der Waals surface area contributed by atoms with Crippen LogP contribution in [0.3, 0.4) is 0 Å². The lowest BCUT2D eigenvalue weighted by Crippen LogP contribution is -2.40. The van der Waals surface area contributed by atoms with Crippen molar-refractivity contribution >= 4 is 73.6 Å². The predicted molar refractivity (Wildman–Crippen MR) is 519 cm³/mol. The highest BCUT2D eigenvalue weighted by molar-refractivity contribution is 9.12. The first-order chi connectivity index (χ1) is 61.9. The summed E-state index contributed by atoms with van der Waals surface area (Å²) in [4.78, 5) is 81.7. The van der Waals surface area contributed by atoms with Crippen LogP contribution >= 0.6 is 27.5 Å². The minimum Gasteiger partial charge on any atom is -0.381 e. The first-order valence-electron chi connectivity index (χ1n) is 46.8. The van der Waals surface area contributed by atoms with Crippen molar-refractivity contribution < 1.29 is 56.8 Å². The normalized spacial score (nSPS) is 18.8. The zero-order valence-electron chi connectivity index (χ0n) is 77.6. The molecule has 9 aliphatic rings. The predicted octanol–water partition coefficient (Wildman–Crippen LogP) is 21.2. The van der Waals surface area contributed by atoms with Crippen LogP contribution in [0.1, 0.15) is 205 Å². The summed E-state index contributed by atoms with van der Waals surface area (Å²) in [7, 11) is 0. The Bertz CT molecular complexity index is 4950. The van der Waals surface area contributed by atoms with Crippen LogP contribution < -0.4 is 20.0 Å². The van der Waals surface area contributed by atoms with Gasteiger partial charge in [-0.05, 0) is 276 Å². The van der Waals surface area contributed by atoms with Crippen molar-refractivity contribution in [3.63, 3.8) is 0 Å². The Morgan fingerprint density at radius 2 is 0.820 bits per heavy atom. The second kappa shape index (κ2) is 46.5. The summed E-state index contributed by atoms with van der Waals surface area (Å²) in [5.41, 5.74) is 25.5. The average Bonchev–Trinajstić information content (AvgIpc) is 0.786. The number of carbonyl (C=O) groups excluding carboxylic acids is 5. The van der Waals surface area contributed by atoms with E-state index < -0.39 is 0 Å². The number of nitrogens with one attached hydrogen (secondary N) is 1. The minimum atomic E-state index is -0.191. The maximum absolute atomic E-state index is 14.7. The Labute approximate surface area is 773 Å². The van der Waals surface area contributed by atoms with E-state index in [9.17, 15) is 28.4 Å². The fourth-order valence-electron chi connectivity index (χ4n) is 19.7. The molecular formula is C107H134BrClFN7O11. The Balaban J connectivity index is 0.000000164. The average molecular weight is 1830 g/mol. The third-order valence-corrected chi connectivity index (χ3v) is 28.9. The molecule has 0 aromatic heterocycles. The van der Waals surface area contributed by atoms with Gasteiger partial charge in [-0.1, -0.05) is 124 Å². The van der Waals surface area contributed by atoms with E-state index in [4.69, 9.17) is 40.0 Å². The number of benzene rings is 6. The number of hydrogen-bond donors (Lipinski definition) is 1. The van der Waals surface area contributed by atoms with E-state index in [2.05, 4.69) is 188 Å². The number of morpholine rings is 3. The van der Waals surface area contributed by atoms with Gasteiger partial charge in [0.2, 0.25) is 0 Å². The molecule has 0 unspecified atom stereocenters. The lowest BCUT2D eigenvalue weighted by Gasteiger charge is -2.37. The van der Waals surface area contributed by atoms with Crippen LogP contribution in [0.2, 0.25) is 5.02 Å². The van der Waals surface area contributed by atoms with Gasteiger partial charge in [0.15, 0.2) is 23.1 Å². The van der Waals surface area contributed by atoms with Crippen molar-refractivity contribution in [3.05, 3.63) is 237 Å². The topological polar surface area (TPSA) is 172 Å². The molecule has 128 heavy (non-hydrogen) atoms. The molecule has 6 aliphatic heterocycles. The van der Waals surface area contributed by atoms with E-state index in [0.717, 1.165) is 313 Å². The molecule has 684 valence electrons. The molecule has 0 spiro atoms. The van der Waals surface area contributed by atoms with Gasteiger partial charge in [-0.3, -0.25) is 38.7 Å². The highest BCUT2D eigenvalue weighted by Crippen LogP contribution is 2.43. The number of Topliss-reactive ketones (excluding diaryl/α,β-unsaturated/α-hetero) is 4. The van der Waals surface area contributed by atoms with Crippen LogP contribution in [-0.2, 0) is 57.6 Å². The molecule has 18 nitrogen and oxygen atoms in total. The van der Waals surface area contributed by atoms with Gasteiger partial charge in [-0.2, -0.15) is 0 Å². The summed E-state index contributed by atoms with van der Waals surface area (Å²) in [6.07, 6.45) is 10.6. The number of allylic oxidation sites excluding steroid dienone is 11. The quantitative estimate of drug-likeness (QED) is 0.0439. The van der Waals surface area contributed by atoms with Crippen molar-refractivity contribution in [3.8, 4) is 33.4 Å². The SMILES string of the molecule is C=C1CC(C)=C(F)C(C)=C1CNC(=O)c1cc(-c2ccc(CN3CCOCC3)cc2)cc(N(CC)C2CCOCC2)c1C.CCN(c1cc(-c2ccc(CN3CCOCC3)cc2)cc(C(=O)CCC2=C(C)C(Br)=C(C)CC2=O)c1C)C1CCOCC1.CCN(c1cc(-c2ccc(CN3CCOCC3)cc2)cc(C(=O)CCC2=C(C)C=C(C)CC2=O)c1Cl)C1CCOCC1. The fraction of sp³-hybridized carbons (Fsp3) is 0.486. The molecule has 6 saturated heterocycles. The zero-order chi connectivity index (χ0) is 90.7. The Morgan fingerprint density at radius 1 is 0.453 bits per heavy atom. The van der Waals surface area contributed by atoms with E-state index >= 15 is 0 Å². The maximum Gasteiger partial charge on any atom is 0.251 e. The maximum atomic E-state index is 14.7. The molecule has 6 fully saturated rings. The number of ketones is 4. The van der Waals surface area contributed by atoms with Gasteiger partial charge in [0.1, 0.15) is 5.83 Å². The number of rotatable bonds is 29. The molecule has 0 radical (unpaired) electrons. The van der Waals surface area contributed by atoms with E-state index in [0.29, 0.717) is 83.9 Å². The van der Waals surface area contributed by atoms with Crippen LogP contribution in [0.25, 0.3) is 33.4 Å². The van der Waals surface area contributed by atoms with Crippen molar-refractivity contribution in [2.24, 2.45) is 0 Å². The molecule has 0 saturated carbocycles. The van der Waals surface area contributed by atoms with Crippen molar-refractivity contribution in [1.82, 2.24) is 20.0 Å². The van der Waals surface area contributed by atoms with Crippen LogP contribution in [-0.4, -0.2) is 207 Å². The second-order valence-electron chi connectivity index (χ2n) is 35.9. The Morgan fingerprint density at radius 3 is 1.24 bits per heavy atom. The monoisotopic (exact) mass is 1830 g/mol. The van der Waals surface area contributed by atoms with Crippen molar-refractivity contribution in [2.45, 2.75) is 197 Å². The lowest BCUT2D eigenvalue weighted by molar-refractivity contribution is -0.116. The number of amides is 1. The summed E-state index contributed by atoms with van der Waals surface area (Å²) in [6, 6.07) is 39.8. The summed E-state index contributed by atoms with van der Waals surface area (Å²) >= 11 is 10.7. The molecule has 6 heterocycles. The standard InChI is InChI=1S/C36H45BrN2O4.C36H46FN3O3.C35H43ClN2O4/c1-5-39(30-12-16-42-17-13-30)33-22-29(28-8-6-27(7-9-28)23-38-14-18-43-19-15-38)21-32(25(33)3)34(40)11-10-31-26(4)36(37)24(2)20-35(31)41;1-6-40(31-11-15-42-16-12-31)34-21-30(29-9-7-28(8-10-29)23-39-13-17-43-18-14-39)20-32(26(34)4)36(41)38-22-33-24(2)19-25(3)35(37)27(33)5;1-4-38(29-11-15-41-16-12-29)32-22-28(27-7-5-26(6-8-27)23-37-13-17-42-18-14-37)21-31(35(32)36)33(39)10-9-30-25(3)19-24(2)20-34(30)40/h6-9,21-22,30H,5,10-20,23H2,1-4H3;7-10,20-21,31H,2,6,11-19,22-23H2,1,3-5H3,(H,38,41);5-8,19,21-22,29H,4,9-18,20,23H2,1-3H3. The molecular weight excluding hydrogens is 1690 g/mol. The van der Waals surface area contributed by atoms with Crippen molar-refractivity contribution in [2.75, 3.05) is 159 Å². The lowest BCUT2D eigenvalue weighted by atomic mass is 9.87. The van der Waals surface area contributed by atoms with Crippen LogP contribution in [0.15, 0.2) is 188 Å². The van der Waals surface area contributed by atoms with Gasteiger partial charge < -0.3 is 48.4 Å². The Kier molecular flexibility index (Phi) is 35.2. The Hall–Kier alpha value is -8.61. The summed E-state index contributed by atoms with van der Waals surface area (Å²) in [5.74, 6) is -0.0465. The first kappa shape index (κ1) is 96.9. The van der Waals surface area contributed by atoms with Crippen LogP contribution in [0.5, 0.6) is 0 Å². The van der Waals surface area contributed by atoms with E-state index in [1.807, 2.05) is 46.8 Å². The van der Waals surface area contributed by atoms with Gasteiger partial charge in [0.05, 0.1) is 50.4 Å². The van der Waals surface area contributed by atoms with Crippen molar-refractivity contribution in [1.29, 1.82) is 0 Å².